The van der Waals surface area contributed by atoms with Crippen LogP contribution in [0.1, 0.15) is 16.2 Å². The number of hydrogen-bond donors (Lipinski definition) is 2. The number of nitrogens with one attached hydrogen (secondary N) is 2. The summed E-state index contributed by atoms with van der Waals surface area (Å²) in [6, 6.07) is 16.8. The summed E-state index contributed by atoms with van der Waals surface area (Å²) in [7, 11) is 0. The predicted molar refractivity (Wildman–Crippen MR) is 120 cm³/mol. The SMILES string of the molecule is CSc1ccc(C(=O)Nc2ccc(Nc3cc(-n4ccnc4C)ncn3)cc2)cc1. The molecule has 8 heteroatoms. The highest BCUT2D eigenvalue weighted by atomic mass is 32.2. The summed E-state index contributed by atoms with van der Waals surface area (Å²) in [5.41, 5.74) is 2.19. The molecule has 30 heavy (non-hydrogen) atoms. The molecule has 4 rings (SSSR count). The molecule has 0 atom stereocenters. The highest BCUT2D eigenvalue weighted by molar-refractivity contribution is 7.98. The van der Waals surface area contributed by atoms with Crippen molar-refractivity contribution in [2.24, 2.45) is 0 Å². The van der Waals surface area contributed by atoms with Gasteiger partial charge in [0.05, 0.1) is 0 Å². The summed E-state index contributed by atoms with van der Waals surface area (Å²) in [4.78, 5) is 26.3. The lowest BCUT2D eigenvalue weighted by Gasteiger charge is -2.10. The highest BCUT2D eigenvalue weighted by Crippen LogP contribution is 2.20. The normalized spacial score (nSPS) is 10.6. The van der Waals surface area contributed by atoms with Gasteiger partial charge in [-0.05, 0) is 61.7 Å². The molecule has 2 heterocycles. The number of nitrogens with zero attached hydrogens (tertiary/aromatic N) is 4. The first kappa shape index (κ1) is 19.7. The first-order valence-electron chi connectivity index (χ1n) is 9.27. The zero-order chi connectivity index (χ0) is 20.9. The Morgan fingerprint density at radius 1 is 0.967 bits per heavy atom. The number of aryl methyl sites for hydroxylation is 1. The van der Waals surface area contributed by atoms with Crippen molar-refractivity contribution < 1.29 is 4.79 Å². The van der Waals surface area contributed by atoms with Gasteiger partial charge < -0.3 is 10.6 Å². The second-order valence-electron chi connectivity index (χ2n) is 6.49. The van der Waals surface area contributed by atoms with E-state index in [1.165, 1.54) is 6.33 Å². The highest BCUT2D eigenvalue weighted by Gasteiger charge is 2.07. The Hall–Kier alpha value is -3.65. The lowest BCUT2D eigenvalue weighted by atomic mass is 10.2. The predicted octanol–water partition coefficient (Wildman–Crippen LogP) is 4.69. The molecule has 0 aliphatic rings. The molecule has 0 radical (unpaired) electrons. The smallest absolute Gasteiger partial charge is 0.255 e. The zero-order valence-electron chi connectivity index (χ0n) is 16.5. The van der Waals surface area contributed by atoms with Gasteiger partial charge in [-0.25, -0.2) is 15.0 Å². The molecule has 2 aromatic carbocycles. The van der Waals surface area contributed by atoms with Crippen molar-refractivity contribution in [1.82, 2.24) is 19.5 Å². The molecule has 0 unspecified atom stereocenters. The Morgan fingerprint density at radius 2 is 1.70 bits per heavy atom. The fraction of sp³-hybridized carbons (Fsp3) is 0.0909. The Bertz CT molecular complexity index is 1150. The van der Waals surface area contributed by atoms with Crippen LogP contribution >= 0.6 is 11.8 Å². The Kier molecular flexibility index (Phi) is 5.76. The summed E-state index contributed by atoms with van der Waals surface area (Å²) in [6.07, 6.45) is 7.10. The largest absolute Gasteiger partial charge is 0.340 e. The van der Waals surface area contributed by atoms with Crippen LogP contribution in [0, 0.1) is 6.92 Å². The molecule has 7 nitrogen and oxygen atoms in total. The summed E-state index contributed by atoms with van der Waals surface area (Å²) in [6.45, 7) is 1.92. The van der Waals surface area contributed by atoms with Crippen LogP contribution in [0.25, 0.3) is 5.82 Å². The van der Waals surface area contributed by atoms with Crippen molar-refractivity contribution in [3.8, 4) is 5.82 Å². The third-order valence-electron chi connectivity index (χ3n) is 4.49. The number of carbonyl (C=O) groups excluding carboxylic acids is 1. The molecule has 0 saturated carbocycles. The monoisotopic (exact) mass is 416 g/mol. The average molecular weight is 417 g/mol. The Morgan fingerprint density at radius 3 is 2.37 bits per heavy atom. The Balaban J connectivity index is 1.42. The fourth-order valence-electron chi connectivity index (χ4n) is 2.90. The molecular formula is C22H20N6OS. The van der Waals surface area contributed by atoms with Gasteiger partial charge in [-0.2, -0.15) is 0 Å². The van der Waals surface area contributed by atoms with E-state index in [1.807, 2.05) is 78.5 Å². The molecule has 0 aliphatic heterocycles. The molecule has 0 spiro atoms. The number of amides is 1. The minimum Gasteiger partial charge on any atom is -0.340 e. The van der Waals surface area contributed by atoms with Gasteiger partial charge in [-0.3, -0.25) is 9.36 Å². The fourth-order valence-corrected chi connectivity index (χ4v) is 3.31. The van der Waals surface area contributed by atoms with Gasteiger partial charge in [0, 0.05) is 40.3 Å². The van der Waals surface area contributed by atoms with Gasteiger partial charge in [0.15, 0.2) is 0 Å². The standard InChI is InChI=1S/C22H20N6OS/c1-15-23-11-12-28(15)21-13-20(24-14-25-21)26-17-5-7-18(8-6-17)27-22(29)16-3-9-19(30-2)10-4-16/h3-14H,1-2H3,(H,27,29)(H,24,25,26). The molecule has 2 aromatic heterocycles. The first-order valence-corrected chi connectivity index (χ1v) is 10.5. The van der Waals surface area contributed by atoms with E-state index in [2.05, 4.69) is 25.6 Å². The number of hydrogen-bond acceptors (Lipinski definition) is 6. The van der Waals surface area contributed by atoms with Gasteiger partial charge in [-0.1, -0.05) is 0 Å². The maximum absolute atomic E-state index is 12.4. The third kappa shape index (κ3) is 4.49. The van der Waals surface area contributed by atoms with Crippen molar-refractivity contribution in [3.05, 3.63) is 84.7 Å². The minimum atomic E-state index is -0.139. The van der Waals surface area contributed by atoms with Crippen LogP contribution in [0.5, 0.6) is 0 Å². The second-order valence-corrected chi connectivity index (χ2v) is 7.37. The topological polar surface area (TPSA) is 84.7 Å². The van der Waals surface area contributed by atoms with Gasteiger partial charge >= 0.3 is 0 Å². The van der Waals surface area contributed by atoms with Gasteiger partial charge in [0.2, 0.25) is 0 Å². The van der Waals surface area contributed by atoms with Crippen LogP contribution < -0.4 is 10.6 Å². The number of benzene rings is 2. The number of aromatic nitrogens is 4. The Labute approximate surface area is 178 Å². The molecule has 4 aromatic rings. The number of carbonyl (C=O) groups is 1. The second kappa shape index (κ2) is 8.79. The quantitative estimate of drug-likeness (QED) is 0.444. The van der Waals surface area contributed by atoms with Crippen LogP contribution in [0.3, 0.4) is 0 Å². The van der Waals surface area contributed by atoms with E-state index in [0.29, 0.717) is 11.4 Å². The van der Waals surface area contributed by atoms with E-state index in [9.17, 15) is 4.79 Å². The molecule has 0 aliphatic carbocycles. The van der Waals surface area contributed by atoms with E-state index >= 15 is 0 Å². The summed E-state index contributed by atoms with van der Waals surface area (Å²) >= 11 is 1.64. The van der Waals surface area contributed by atoms with E-state index in [0.717, 1.165) is 27.9 Å². The first-order chi connectivity index (χ1) is 14.6. The van der Waals surface area contributed by atoms with Crippen molar-refractivity contribution in [2.75, 3.05) is 16.9 Å². The molecule has 0 saturated heterocycles. The lowest BCUT2D eigenvalue weighted by molar-refractivity contribution is 0.102. The van der Waals surface area contributed by atoms with Crippen LogP contribution in [0.15, 0.2) is 78.2 Å². The van der Waals surface area contributed by atoms with E-state index in [-0.39, 0.29) is 5.91 Å². The van der Waals surface area contributed by atoms with Crippen LogP contribution in [0.4, 0.5) is 17.2 Å². The number of rotatable bonds is 6. The number of thioether (sulfide) groups is 1. The lowest BCUT2D eigenvalue weighted by Crippen LogP contribution is -2.11. The molecule has 2 N–H and O–H groups in total. The van der Waals surface area contributed by atoms with Gasteiger partial charge in [0.1, 0.15) is 23.8 Å². The summed E-state index contributed by atoms with van der Waals surface area (Å²) < 4.78 is 1.89. The van der Waals surface area contributed by atoms with Crippen LogP contribution in [-0.4, -0.2) is 31.7 Å². The van der Waals surface area contributed by atoms with Crippen molar-refractivity contribution in [1.29, 1.82) is 0 Å². The molecule has 0 fully saturated rings. The van der Waals surface area contributed by atoms with Crippen molar-refractivity contribution >= 4 is 34.9 Å². The summed E-state index contributed by atoms with van der Waals surface area (Å²) in [5.74, 6) is 2.11. The molecule has 0 bridgehead atoms. The van der Waals surface area contributed by atoms with Crippen LogP contribution in [0.2, 0.25) is 0 Å². The molecule has 1 amide bonds. The van der Waals surface area contributed by atoms with Gasteiger partial charge in [-0.15, -0.1) is 11.8 Å². The molecule has 150 valence electrons. The van der Waals surface area contributed by atoms with E-state index in [1.54, 1.807) is 18.0 Å². The average Bonchev–Trinajstić information content (AvgIpc) is 3.21. The van der Waals surface area contributed by atoms with E-state index in [4.69, 9.17) is 0 Å². The van der Waals surface area contributed by atoms with Crippen LogP contribution in [-0.2, 0) is 0 Å². The van der Waals surface area contributed by atoms with Crippen molar-refractivity contribution in [3.63, 3.8) is 0 Å². The van der Waals surface area contributed by atoms with Crippen molar-refractivity contribution in [2.45, 2.75) is 11.8 Å². The summed E-state index contributed by atoms with van der Waals surface area (Å²) in [5, 5.41) is 6.16. The number of imidazole rings is 1. The minimum absolute atomic E-state index is 0.139. The number of anilines is 3. The zero-order valence-corrected chi connectivity index (χ0v) is 17.4. The third-order valence-corrected chi connectivity index (χ3v) is 5.24. The molecular weight excluding hydrogens is 396 g/mol. The maximum atomic E-state index is 12.4. The maximum Gasteiger partial charge on any atom is 0.255 e. The van der Waals surface area contributed by atoms with E-state index < -0.39 is 0 Å². The van der Waals surface area contributed by atoms with Gasteiger partial charge in [0.25, 0.3) is 5.91 Å².